The van der Waals surface area contributed by atoms with E-state index < -0.39 is 0 Å². The summed E-state index contributed by atoms with van der Waals surface area (Å²) < 4.78 is 0. The van der Waals surface area contributed by atoms with Gasteiger partial charge in [-0.15, -0.1) is 0 Å². The van der Waals surface area contributed by atoms with Crippen LogP contribution in [0.2, 0.25) is 0 Å². The highest BCUT2D eigenvalue weighted by molar-refractivity contribution is 5.43. The van der Waals surface area contributed by atoms with Gasteiger partial charge < -0.3 is 16.0 Å². The summed E-state index contributed by atoms with van der Waals surface area (Å²) in [7, 11) is 0. The molecule has 100 valence electrons. The SMILES string of the molecule is CC(CNc1cc(N)ncn1)CN1CCCCC1. The standard InChI is InChI=1S/C13H23N5/c1-11(9-18-5-3-2-4-6-18)8-15-13-7-12(14)16-10-17-13/h7,10-11H,2-6,8-9H2,1H3,(H3,14,15,16,17). The molecule has 1 unspecified atom stereocenters. The summed E-state index contributed by atoms with van der Waals surface area (Å²) in [6.45, 7) is 6.86. The van der Waals surface area contributed by atoms with Gasteiger partial charge in [0.25, 0.3) is 0 Å². The number of likely N-dealkylation sites (tertiary alicyclic amines) is 1. The van der Waals surface area contributed by atoms with Crippen LogP contribution in [0.5, 0.6) is 0 Å². The molecule has 0 saturated carbocycles. The minimum Gasteiger partial charge on any atom is -0.384 e. The fourth-order valence-corrected chi connectivity index (χ4v) is 2.40. The summed E-state index contributed by atoms with van der Waals surface area (Å²) >= 11 is 0. The predicted octanol–water partition coefficient (Wildman–Crippen LogP) is 1.59. The van der Waals surface area contributed by atoms with E-state index in [1.54, 1.807) is 6.07 Å². The zero-order valence-corrected chi connectivity index (χ0v) is 11.1. The minimum absolute atomic E-state index is 0.510. The second-order valence-corrected chi connectivity index (χ2v) is 5.18. The fourth-order valence-electron chi connectivity index (χ4n) is 2.40. The summed E-state index contributed by atoms with van der Waals surface area (Å²) in [6, 6.07) is 1.77. The second kappa shape index (κ2) is 6.54. The fraction of sp³-hybridized carbons (Fsp3) is 0.692. The van der Waals surface area contributed by atoms with Crippen LogP contribution < -0.4 is 11.1 Å². The van der Waals surface area contributed by atoms with E-state index in [1.165, 1.54) is 38.7 Å². The van der Waals surface area contributed by atoms with Crippen LogP contribution in [0.4, 0.5) is 11.6 Å². The van der Waals surface area contributed by atoms with Crippen LogP contribution >= 0.6 is 0 Å². The Labute approximate surface area is 109 Å². The van der Waals surface area contributed by atoms with Crippen molar-refractivity contribution < 1.29 is 0 Å². The lowest BCUT2D eigenvalue weighted by Gasteiger charge is -2.29. The summed E-state index contributed by atoms with van der Waals surface area (Å²) in [5.74, 6) is 1.93. The van der Waals surface area contributed by atoms with E-state index in [-0.39, 0.29) is 0 Å². The van der Waals surface area contributed by atoms with Gasteiger partial charge in [0.05, 0.1) is 0 Å². The minimum atomic E-state index is 0.510. The summed E-state index contributed by atoms with van der Waals surface area (Å²) in [6.07, 6.45) is 5.58. The van der Waals surface area contributed by atoms with Crippen LogP contribution in [-0.2, 0) is 0 Å². The van der Waals surface area contributed by atoms with Crippen LogP contribution in [0.15, 0.2) is 12.4 Å². The first kappa shape index (κ1) is 13.1. The zero-order valence-electron chi connectivity index (χ0n) is 11.1. The molecule has 5 nitrogen and oxygen atoms in total. The Hall–Kier alpha value is -1.36. The molecule has 1 atom stereocenters. The van der Waals surface area contributed by atoms with Crippen LogP contribution in [0.25, 0.3) is 0 Å². The number of nitrogen functional groups attached to an aromatic ring is 1. The lowest BCUT2D eigenvalue weighted by molar-refractivity contribution is 0.204. The van der Waals surface area contributed by atoms with Gasteiger partial charge in [0, 0.05) is 19.2 Å². The molecule has 0 aliphatic carbocycles. The van der Waals surface area contributed by atoms with Gasteiger partial charge in [0.15, 0.2) is 0 Å². The lowest BCUT2D eigenvalue weighted by atomic mass is 10.1. The zero-order chi connectivity index (χ0) is 12.8. The molecular formula is C13H23N5. The second-order valence-electron chi connectivity index (χ2n) is 5.18. The van der Waals surface area contributed by atoms with Crippen molar-refractivity contribution in [3.05, 3.63) is 12.4 Å². The summed E-state index contributed by atoms with van der Waals surface area (Å²) in [5.41, 5.74) is 5.62. The maximum absolute atomic E-state index is 5.62. The quantitative estimate of drug-likeness (QED) is 0.829. The molecule has 18 heavy (non-hydrogen) atoms. The smallest absolute Gasteiger partial charge is 0.131 e. The predicted molar refractivity (Wildman–Crippen MR) is 74.4 cm³/mol. The van der Waals surface area contributed by atoms with Gasteiger partial charge in [-0.2, -0.15) is 0 Å². The van der Waals surface area contributed by atoms with Crippen molar-refractivity contribution in [1.29, 1.82) is 0 Å². The Balaban J connectivity index is 1.72. The number of hydrogen-bond acceptors (Lipinski definition) is 5. The van der Waals surface area contributed by atoms with Gasteiger partial charge in [-0.3, -0.25) is 0 Å². The Morgan fingerprint density at radius 1 is 1.33 bits per heavy atom. The first-order valence-corrected chi connectivity index (χ1v) is 6.78. The number of piperidine rings is 1. The molecular weight excluding hydrogens is 226 g/mol. The molecule has 5 heteroatoms. The molecule has 1 aromatic rings. The number of nitrogens with zero attached hydrogens (tertiary/aromatic N) is 3. The molecule has 1 aliphatic rings. The van der Waals surface area contributed by atoms with E-state index in [4.69, 9.17) is 5.73 Å². The molecule has 2 heterocycles. The molecule has 1 fully saturated rings. The molecule has 2 rings (SSSR count). The third-order valence-corrected chi connectivity index (χ3v) is 3.34. The van der Waals surface area contributed by atoms with Crippen molar-refractivity contribution in [2.24, 2.45) is 5.92 Å². The van der Waals surface area contributed by atoms with Gasteiger partial charge >= 0.3 is 0 Å². The average molecular weight is 249 g/mol. The topological polar surface area (TPSA) is 67.1 Å². The monoisotopic (exact) mass is 249 g/mol. The van der Waals surface area contributed by atoms with E-state index in [1.807, 2.05) is 0 Å². The molecule has 0 amide bonds. The third-order valence-electron chi connectivity index (χ3n) is 3.34. The highest BCUT2D eigenvalue weighted by atomic mass is 15.1. The van der Waals surface area contributed by atoms with E-state index in [2.05, 4.69) is 27.1 Å². The van der Waals surface area contributed by atoms with Gasteiger partial charge in [0.2, 0.25) is 0 Å². The molecule has 1 aromatic heterocycles. The highest BCUT2D eigenvalue weighted by Crippen LogP contribution is 2.12. The molecule has 3 N–H and O–H groups in total. The molecule has 0 bridgehead atoms. The first-order chi connectivity index (χ1) is 8.74. The Bertz CT molecular complexity index is 362. The van der Waals surface area contributed by atoms with Crippen molar-refractivity contribution in [3.63, 3.8) is 0 Å². The Kier molecular flexibility index (Phi) is 4.75. The van der Waals surface area contributed by atoms with E-state index in [0.717, 1.165) is 18.9 Å². The van der Waals surface area contributed by atoms with Crippen LogP contribution in [0, 0.1) is 5.92 Å². The van der Waals surface area contributed by atoms with Gasteiger partial charge in [0.1, 0.15) is 18.0 Å². The van der Waals surface area contributed by atoms with Gasteiger partial charge in [-0.1, -0.05) is 13.3 Å². The third kappa shape index (κ3) is 4.14. The molecule has 0 radical (unpaired) electrons. The summed E-state index contributed by atoms with van der Waals surface area (Å²) in [5, 5.41) is 3.32. The van der Waals surface area contributed by atoms with Crippen LogP contribution in [0.1, 0.15) is 26.2 Å². The number of rotatable bonds is 5. The van der Waals surface area contributed by atoms with Gasteiger partial charge in [-0.25, -0.2) is 9.97 Å². The summed E-state index contributed by atoms with van der Waals surface area (Å²) in [4.78, 5) is 10.6. The maximum Gasteiger partial charge on any atom is 0.131 e. The normalized spacial score (nSPS) is 18.5. The molecule has 0 spiro atoms. The number of aromatic nitrogens is 2. The number of nitrogens with one attached hydrogen (secondary N) is 1. The van der Waals surface area contributed by atoms with E-state index in [9.17, 15) is 0 Å². The van der Waals surface area contributed by atoms with Crippen molar-refractivity contribution in [2.45, 2.75) is 26.2 Å². The first-order valence-electron chi connectivity index (χ1n) is 6.78. The van der Waals surface area contributed by atoms with E-state index in [0.29, 0.717) is 11.7 Å². The molecule has 1 saturated heterocycles. The molecule has 0 aromatic carbocycles. The Morgan fingerprint density at radius 3 is 2.83 bits per heavy atom. The van der Waals surface area contributed by atoms with E-state index >= 15 is 0 Å². The Morgan fingerprint density at radius 2 is 2.11 bits per heavy atom. The number of anilines is 2. The van der Waals surface area contributed by atoms with Gasteiger partial charge in [-0.05, 0) is 31.8 Å². The number of nitrogens with two attached hydrogens (primary N) is 1. The highest BCUT2D eigenvalue weighted by Gasteiger charge is 2.13. The molecule has 1 aliphatic heterocycles. The maximum atomic E-state index is 5.62. The van der Waals surface area contributed by atoms with Crippen LogP contribution in [-0.4, -0.2) is 41.0 Å². The largest absolute Gasteiger partial charge is 0.384 e. The average Bonchev–Trinajstić information content (AvgIpc) is 2.38. The number of hydrogen-bond donors (Lipinski definition) is 2. The van der Waals surface area contributed by atoms with Crippen molar-refractivity contribution in [2.75, 3.05) is 37.2 Å². The van der Waals surface area contributed by atoms with Crippen molar-refractivity contribution in [3.8, 4) is 0 Å². The lowest BCUT2D eigenvalue weighted by Crippen LogP contribution is -2.35. The van der Waals surface area contributed by atoms with Crippen molar-refractivity contribution >= 4 is 11.6 Å². The van der Waals surface area contributed by atoms with Crippen LogP contribution in [0.3, 0.4) is 0 Å². The van der Waals surface area contributed by atoms with Crippen molar-refractivity contribution in [1.82, 2.24) is 14.9 Å².